The lowest BCUT2D eigenvalue weighted by molar-refractivity contribution is -0.116. The lowest BCUT2D eigenvalue weighted by Gasteiger charge is -2.12. The molecule has 1 aromatic heterocycles. The first-order valence-corrected chi connectivity index (χ1v) is 8.78. The van der Waals surface area contributed by atoms with Gasteiger partial charge in [-0.2, -0.15) is 4.98 Å². The van der Waals surface area contributed by atoms with Crippen LogP contribution in [0.2, 0.25) is 0 Å². The Labute approximate surface area is 158 Å². The third-order valence-corrected chi connectivity index (χ3v) is 4.47. The van der Waals surface area contributed by atoms with Crippen LogP contribution in [-0.2, 0) is 11.2 Å². The number of aromatic nitrogens is 2. The fraction of sp³-hybridized carbons (Fsp3) is 0.190. The fourth-order valence-corrected chi connectivity index (χ4v) is 2.92. The largest absolute Gasteiger partial charge is 0.383 e. The zero-order valence-corrected chi connectivity index (χ0v) is 15.5. The second kappa shape index (κ2) is 7.86. The van der Waals surface area contributed by atoms with Crippen LogP contribution in [0, 0.1) is 13.8 Å². The Hall–Kier alpha value is -3.41. The van der Waals surface area contributed by atoms with Gasteiger partial charge in [0.2, 0.25) is 11.9 Å². The van der Waals surface area contributed by atoms with Crippen molar-refractivity contribution in [1.29, 1.82) is 0 Å². The van der Waals surface area contributed by atoms with Crippen LogP contribution in [-0.4, -0.2) is 15.9 Å². The molecule has 0 bridgehead atoms. The minimum atomic E-state index is -0.0898. The highest BCUT2D eigenvalue weighted by atomic mass is 16.1. The molecule has 0 aliphatic carbocycles. The first kappa shape index (κ1) is 18.4. The number of nitrogen functional groups attached to an aromatic ring is 2. The van der Waals surface area contributed by atoms with E-state index in [0.717, 1.165) is 22.4 Å². The van der Waals surface area contributed by atoms with Gasteiger partial charge < -0.3 is 16.8 Å². The van der Waals surface area contributed by atoms with Gasteiger partial charge in [0.1, 0.15) is 5.82 Å². The predicted octanol–water partition coefficient (Wildman–Crippen LogP) is 3.50. The Morgan fingerprint density at radius 2 is 1.74 bits per heavy atom. The summed E-state index contributed by atoms with van der Waals surface area (Å²) in [5.74, 6) is 0.336. The summed E-state index contributed by atoms with van der Waals surface area (Å²) < 4.78 is 0. The Kier molecular flexibility index (Phi) is 5.35. The maximum absolute atomic E-state index is 12.4. The van der Waals surface area contributed by atoms with Crippen molar-refractivity contribution < 1.29 is 4.79 Å². The van der Waals surface area contributed by atoms with Crippen LogP contribution in [0.3, 0.4) is 0 Å². The van der Waals surface area contributed by atoms with Gasteiger partial charge in [-0.3, -0.25) is 4.79 Å². The number of aryl methyl sites for hydroxylation is 3. The second-order valence-electron chi connectivity index (χ2n) is 6.50. The van der Waals surface area contributed by atoms with E-state index in [-0.39, 0.29) is 18.3 Å². The number of nitrogens with zero attached hydrogens (tertiary/aromatic N) is 2. The molecule has 0 saturated heterocycles. The molecule has 0 saturated carbocycles. The molecule has 0 unspecified atom stereocenters. The summed E-state index contributed by atoms with van der Waals surface area (Å²) in [6, 6.07) is 15.5. The summed E-state index contributed by atoms with van der Waals surface area (Å²) in [6.07, 6.45) is 0.681. The molecule has 27 heavy (non-hydrogen) atoms. The maximum Gasteiger partial charge on any atom is 0.224 e. The van der Waals surface area contributed by atoms with E-state index in [0.29, 0.717) is 17.9 Å². The standard InChI is InChI=1S/C21H23N5O/c1-13-8-9-16(12-14(13)2)24-18(27)11-10-17-19(15-6-4-3-5-7-15)20(22)26-21(23)25-17/h3-9,12H,10-11H2,1-2H3,(H,24,27)(H4,22,23,25,26). The zero-order chi connectivity index (χ0) is 19.4. The van der Waals surface area contributed by atoms with E-state index in [4.69, 9.17) is 11.5 Å². The quantitative estimate of drug-likeness (QED) is 0.645. The van der Waals surface area contributed by atoms with Crippen molar-refractivity contribution in [1.82, 2.24) is 9.97 Å². The summed E-state index contributed by atoms with van der Waals surface area (Å²) >= 11 is 0. The van der Waals surface area contributed by atoms with Gasteiger partial charge in [0.15, 0.2) is 0 Å². The van der Waals surface area contributed by atoms with E-state index in [9.17, 15) is 4.79 Å². The van der Waals surface area contributed by atoms with E-state index in [1.807, 2.05) is 62.4 Å². The molecule has 0 aliphatic heterocycles. The van der Waals surface area contributed by atoms with E-state index in [1.165, 1.54) is 5.56 Å². The minimum Gasteiger partial charge on any atom is -0.383 e. The van der Waals surface area contributed by atoms with Gasteiger partial charge in [-0.25, -0.2) is 4.98 Å². The van der Waals surface area contributed by atoms with Crippen LogP contribution in [0.15, 0.2) is 48.5 Å². The van der Waals surface area contributed by atoms with Crippen molar-refractivity contribution in [3.05, 3.63) is 65.4 Å². The lowest BCUT2D eigenvalue weighted by atomic mass is 10.0. The Morgan fingerprint density at radius 1 is 1.00 bits per heavy atom. The molecule has 1 heterocycles. The van der Waals surface area contributed by atoms with Gasteiger partial charge in [-0.05, 0) is 49.1 Å². The number of amides is 1. The number of nitrogens with two attached hydrogens (primary N) is 2. The SMILES string of the molecule is Cc1ccc(NC(=O)CCc2nc(N)nc(N)c2-c2ccccc2)cc1C. The molecular weight excluding hydrogens is 338 g/mol. The monoisotopic (exact) mass is 361 g/mol. The van der Waals surface area contributed by atoms with Gasteiger partial charge in [-0.15, -0.1) is 0 Å². The molecule has 0 fully saturated rings. The van der Waals surface area contributed by atoms with Gasteiger partial charge in [0.25, 0.3) is 0 Å². The minimum absolute atomic E-state index is 0.0898. The van der Waals surface area contributed by atoms with Gasteiger partial charge in [0, 0.05) is 17.7 Å². The second-order valence-corrected chi connectivity index (χ2v) is 6.50. The number of carbonyl (C=O) groups is 1. The van der Waals surface area contributed by atoms with Crippen LogP contribution >= 0.6 is 0 Å². The smallest absolute Gasteiger partial charge is 0.224 e. The van der Waals surface area contributed by atoms with Crippen molar-refractivity contribution in [2.45, 2.75) is 26.7 Å². The summed E-state index contributed by atoms with van der Waals surface area (Å²) in [6.45, 7) is 4.06. The average molecular weight is 361 g/mol. The van der Waals surface area contributed by atoms with E-state index in [1.54, 1.807) is 0 Å². The van der Waals surface area contributed by atoms with Crippen molar-refractivity contribution in [2.75, 3.05) is 16.8 Å². The topological polar surface area (TPSA) is 107 Å². The third kappa shape index (κ3) is 4.41. The van der Waals surface area contributed by atoms with Crippen LogP contribution in [0.25, 0.3) is 11.1 Å². The van der Waals surface area contributed by atoms with E-state index in [2.05, 4.69) is 15.3 Å². The first-order valence-electron chi connectivity index (χ1n) is 8.78. The molecule has 0 radical (unpaired) electrons. The molecule has 0 spiro atoms. The molecule has 3 rings (SSSR count). The molecular formula is C21H23N5O. The zero-order valence-electron chi connectivity index (χ0n) is 15.5. The first-order chi connectivity index (χ1) is 12.9. The number of carbonyl (C=O) groups excluding carboxylic acids is 1. The van der Waals surface area contributed by atoms with Crippen LogP contribution < -0.4 is 16.8 Å². The van der Waals surface area contributed by atoms with Crippen LogP contribution in [0.1, 0.15) is 23.2 Å². The highest BCUT2D eigenvalue weighted by molar-refractivity contribution is 5.91. The lowest BCUT2D eigenvalue weighted by Crippen LogP contribution is -2.14. The Balaban J connectivity index is 1.77. The van der Waals surface area contributed by atoms with Gasteiger partial charge >= 0.3 is 0 Å². The summed E-state index contributed by atoms with van der Waals surface area (Å²) in [5.41, 5.74) is 17.3. The van der Waals surface area contributed by atoms with Crippen LogP contribution in [0.4, 0.5) is 17.5 Å². The molecule has 1 amide bonds. The van der Waals surface area contributed by atoms with Crippen LogP contribution in [0.5, 0.6) is 0 Å². The Morgan fingerprint density at radius 3 is 2.44 bits per heavy atom. The summed E-state index contributed by atoms with van der Waals surface area (Å²) in [7, 11) is 0. The molecule has 6 nitrogen and oxygen atoms in total. The normalized spacial score (nSPS) is 10.6. The van der Waals surface area contributed by atoms with Crippen molar-refractivity contribution in [3.63, 3.8) is 0 Å². The van der Waals surface area contributed by atoms with Crippen molar-refractivity contribution >= 4 is 23.4 Å². The molecule has 0 atom stereocenters. The highest BCUT2D eigenvalue weighted by Crippen LogP contribution is 2.29. The number of hydrogen-bond donors (Lipinski definition) is 3. The number of hydrogen-bond acceptors (Lipinski definition) is 5. The van der Waals surface area contributed by atoms with Gasteiger partial charge in [-0.1, -0.05) is 36.4 Å². The van der Waals surface area contributed by atoms with Crippen molar-refractivity contribution in [2.24, 2.45) is 0 Å². The average Bonchev–Trinajstić information content (AvgIpc) is 2.63. The molecule has 138 valence electrons. The highest BCUT2D eigenvalue weighted by Gasteiger charge is 2.15. The maximum atomic E-state index is 12.4. The summed E-state index contributed by atoms with van der Waals surface area (Å²) in [4.78, 5) is 20.8. The van der Waals surface area contributed by atoms with Crippen molar-refractivity contribution in [3.8, 4) is 11.1 Å². The number of benzene rings is 2. The Bertz CT molecular complexity index is 970. The number of anilines is 3. The fourth-order valence-electron chi connectivity index (χ4n) is 2.92. The molecule has 0 aliphatic rings. The van der Waals surface area contributed by atoms with Gasteiger partial charge in [0.05, 0.1) is 5.69 Å². The van der Waals surface area contributed by atoms with E-state index >= 15 is 0 Å². The van der Waals surface area contributed by atoms with E-state index < -0.39 is 0 Å². The third-order valence-electron chi connectivity index (χ3n) is 4.47. The summed E-state index contributed by atoms with van der Waals surface area (Å²) in [5, 5.41) is 2.92. The number of rotatable bonds is 5. The molecule has 2 aromatic carbocycles. The molecule has 5 N–H and O–H groups in total. The molecule has 6 heteroatoms. The molecule has 3 aromatic rings. The predicted molar refractivity (Wildman–Crippen MR) is 109 cm³/mol. The number of nitrogens with one attached hydrogen (secondary N) is 1.